The predicted octanol–water partition coefficient (Wildman–Crippen LogP) is 4.62. The Labute approximate surface area is 217 Å². The molecule has 0 unspecified atom stereocenters. The number of para-hydroxylation sites is 1. The van der Waals surface area contributed by atoms with Gasteiger partial charge in [0.05, 0.1) is 18.8 Å². The number of aliphatic hydroxyl groups excluding tert-OH is 1. The Morgan fingerprint density at radius 3 is 2.22 bits per heavy atom. The highest BCUT2D eigenvalue weighted by Crippen LogP contribution is 2.33. The molecular formula is C30H33N3O4. The lowest BCUT2D eigenvalue weighted by atomic mass is 10.1. The Morgan fingerprint density at radius 2 is 1.51 bits per heavy atom. The second-order valence-electron chi connectivity index (χ2n) is 9.21. The standard InChI is InChI=1S/C30H33N3O4/c34-26(23-36-27-14-8-3-9-15-27)21-32(20-24-10-4-1-5-11-24)22-28-29(25-12-6-2-7-13-25)31-37-30(28)33-16-18-35-19-17-33/h1-15,26,34H,16-23H2/t26-/m1/s1. The van der Waals surface area contributed by atoms with Crippen LogP contribution in [-0.4, -0.2) is 60.7 Å². The predicted molar refractivity (Wildman–Crippen MR) is 143 cm³/mol. The first kappa shape index (κ1) is 25.0. The second-order valence-corrected chi connectivity index (χ2v) is 9.21. The molecule has 4 aromatic rings. The topological polar surface area (TPSA) is 71.2 Å². The number of rotatable bonds is 11. The number of aromatic nitrogens is 1. The van der Waals surface area contributed by atoms with Gasteiger partial charge in [0, 0.05) is 38.3 Å². The number of nitrogens with zero attached hydrogens (tertiary/aromatic N) is 3. The molecule has 0 aliphatic carbocycles. The monoisotopic (exact) mass is 499 g/mol. The summed E-state index contributed by atoms with van der Waals surface area (Å²) in [5, 5.41) is 15.5. The Morgan fingerprint density at radius 1 is 0.865 bits per heavy atom. The highest BCUT2D eigenvalue weighted by atomic mass is 16.5. The number of morpholine rings is 1. The van der Waals surface area contributed by atoms with Crippen molar-refractivity contribution in [3.63, 3.8) is 0 Å². The molecule has 3 aromatic carbocycles. The van der Waals surface area contributed by atoms with Crippen molar-refractivity contribution in [1.29, 1.82) is 0 Å². The second kappa shape index (κ2) is 12.5. The lowest BCUT2D eigenvalue weighted by Gasteiger charge is -2.29. The Bertz CT molecular complexity index is 1210. The molecule has 0 spiro atoms. The Balaban J connectivity index is 1.40. The van der Waals surface area contributed by atoms with Gasteiger partial charge in [0.15, 0.2) is 0 Å². The molecule has 1 aliphatic rings. The highest BCUT2D eigenvalue weighted by molar-refractivity contribution is 5.68. The molecule has 1 fully saturated rings. The van der Waals surface area contributed by atoms with Crippen LogP contribution in [0.1, 0.15) is 11.1 Å². The lowest BCUT2D eigenvalue weighted by Crippen LogP contribution is -2.38. The number of hydrogen-bond donors (Lipinski definition) is 1. The SMILES string of the molecule is O[C@@H](COc1ccccc1)CN(Cc1ccccc1)Cc1c(-c2ccccc2)noc1N1CCOCC1. The third-order valence-corrected chi connectivity index (χ3v) is 6.40. The fourth-order valence-corrected chi connectivity index (χ4v) is 4.59. The minimum absolute atomic E-state index is 0.209. The molecule has 1 N–H and O–H groups in total. The molecule has 192 valence electrons. The molecule has 5 rings (SSSR count). The summed E-state index contributed by atoms with van der Waals surface area (Å²) in [5.74, 6) is 1.52. The normalized spacial score (nSPS) is 14.6. The van der Waals surface area contributed by atoms with Crippen molar-refractivity contribution >= 4 is 5.88 Å². The third kappa shape index (κ3) is 6.77. The molecule has 1 aromatic heterocycles. The smallest absolute Gasteiger partial charge is 0.232 e. The van der Waals surface area contributed by atoms with Gasteiger partial charge in [-0.3, -0.25) is 4.90 Å². The van der Waals surface area contributed by atoms with E-state index in [-0.39, 0.29) is 6.61 Å². The van der Waals surface area contributed by atoms with Crippen molar-refractivity contribution in [1.82, 2.24) is 10.1 Å². The van der Waals surface area contributed by atoms with Gasteiger partial charge in [-0.25, -0.2) is 0 Å². The van der Waals surface area contributed by atoms with Crippen LogP contribution in [0.15, 0.2) is 95.5 Å². The average molecular weight is 500 g/mol. The summed E-state index contributed by atoms with van der Waals surface area (Å²) in [6, 6.07) is 30.0. The maximum absolute atomic E-state index is 11.0. The van der Waals surface area contributed by atoms with Gasteiger partial charge in [-0.05, 0) is 17.7 Å². The van der Waals surface area contributed by atoms with Crippen molar-refractivity contribution < 1.29 is 19.1 Å². The van der Waals surface area contributed by atoms with Crippen molar-refractivity contribution in [2.24, 2.45) is 0 Å². The maximum atomic E-state index is 11.0. The summed E-state index contributed by atoms with van der Waals surface area (Å²) >= 11 is 0. The molecule has 1 saturated heterocycles. The Hall–Kier alpha value is -3.65. The zero-order chi connectivity index (χ0) is 25.3. The van der Waals surface area contributed by atoms with Crippen LogP contribution in [0, 0.1) is 0 Å². The average Bonchev–Trinajstić information content (AvgIpc) is 3.37. The van der Waals surface area contributed by atoms with Crippen LogP contribution in [0.2, 0.25) is 0 Å². The molecule has 7 heteroatoms. The van der Waals surface area contributed by atoms with Crippen molar-refractivity contribution in [2.45, 2.75) is 19.2 Å². The minimum atomic E-state index is -0.671. The number of hydrogen-bond acceptors (Lipinski definition) is 7. The molecule has 7 nitrogen and oxygen atoms in total. The fraction of sp³-hybridized carbons (Fsp3) is 0.300. The van der Waals surface area contributed by atoms with E-state index in [0.29, 0.717) is 32.8 Å². The molecule has 0 saturated carbocycles. The van der Waals surface area contributed by atoms with E-state index in [0.717, 1.165) is 41.5 Å². The van der Waals surface area contributed by atoms with Crippen LogP contribution >= 0.6 is 0 Å². The molecule has 2 heterocycles. The van der Waals surface area contributed by atoms with Gasteiger partial charge in [0.2, 0.25) is 5.88 Å². The summed E-state index contributed by atoms with van der Waals surface area (Å²) in [5.41, 5.74) is 4.02. The van der Waals surface area contributed by atoms with E-state index >= 15 is 0 Å². The summed E-state index contributed by atoms with van der Waals surface area (Å²) in [6.45, 7) is 4.70. The summed E-state index contributed by atoms with van der Waals surface area (Å²) in [4.78, 5) is 4.44. The van der Waals surface area contributed by atoms with Crippen LogP contribution in [0.3, 0.4) is 0 Å². The molecule has 37 heavy (non-hydrogen) atoms. The van der Waals surface area contributed by atoms with Gasteiger partial charge >= 0.3 is 0 Å². The number of anilines is 1. The van der Waals surface area contributed by atoms with Crippen LogP contribution in [0.25, 0.3) is 11.3 Å². The van der Waals surface area contributed by atoms with Gasteiger partial charge in [0.1, 0.15) is 24.2 Å². The molecular weight excluding hydrogens is 466 g/mol. The van der Waals surface area contributed by atoms with Crippen LogP contribution < -0.4 is 9.64 Å². The van der Waals surface area contributed by atoms with E-state index in [1.807, 2.05) is 66.7 Å². The van der Waals surface area contributed by atoms with Gasteiger partial charge in [-0.15, -0.1) is 0 Å². The zero-order valence-electron chi connectivity index (χ0n) is 20.9. The van der Waals surface area contributed by atoms with E-state index in [1.54, 1.807) is 0 Å². The van der Waals surface area contributed by atoms with Crippen molar-refractivity contribution in [3.8, 4) is 17.0 Å². The first-order chi connectivity index (χ1) is 18.3. The fourth-order valence-electron chi connectivity index (χ4n) is 4.59. The largest absolute Gasteiger partial charge is 0.491 e. The van der Waals surface area contributed by atoms with Crippen LogP contribution in [0.4, 0.5) is 5.88 Å². The first-order valence-corrected chi connectivity index (χ1v) is 12.7. The molecule has 1 atom stereocenters. The minimum Gasteiger partial charge on any atom is -0.491 e. The van der Waals surface area contributed by atoms with Gasteiger partial charge in [0.25, 0.3) is 0 Å². The van der Waals surface area contributed by atoms with Crippen LogP contribution in [0.5, 0.6) is 5.75 Å². The number of ether oxygens (including phenoxy) is 2. The first-order valence-electron chi connectivity index (χ1n) is 12.7. The molecule has 0 bridgehead atoms. The van der Waals surface area contributed by atoms with E-state index in [2.05, 4.69) is 39.2 Å². The van der Waals surface area contributed by atoms with Gasteiger partial charge in [-0.1, -0.05) is 84.0 Å². The maximum Gasteiger partial charge on any atom is 0.232 e. The number of aliphatic hydroxyl groups is 1. The quantitative estimate of drug-likeness (QED) is 0.323. The summed E-state index contributed by atoms with van der Waals surface area (Å²) < 4.78 is 17.4. The molecule has 0 radical (unpaired) electrons. The zero-order valence-corrected chi connectivity index (χ0v) is 20.9. The van der Waals surface area contributed by atoms with Gasteiger partial charge in [-0.2, -0.15) is 0 Å². The van der Waals surface area contributed by atoms with E-state index in [9.17, 15) is 5.11 Å². The lowest BCUT2D eigenvalue weighted by molar-refractivity contribution is 0.0628. The van der Waals surface area contributed by atoms with E-state index in [1.165, 1.54) is 5.56 Å². The van der Waals surface area contributed by atoms with E-state index < -0.39 is 6.10 Å². The third-order valence-electron chi connectivity index (χ3n) is 6.40. The Kier molecular flexibility index (Phi) is 8.48. The summed E-state index contributed by atoms with van der Waals surface area (Å²) in [6.07, 6.45) is -0.671. The number of benzene rings is 3. The van der Waals surface area contributed by atoms with Crippen LogP contribution in [-0.2, 0) is 17.8 Å². The highest BCUT2D eigenvalue weighted by Gasteiger charge is 2.26. The summed E-state index contributed by atoms with van der Waals surface area (Å²) in [7, 11) is 0. The van der Waals surface area contributed by atoms with Crippen molar-refractivity contribution in [3.05, 3.63) is 102 Å². The molecule has 0 amide bonds. The molecule has 1 aliphatic heterocycles. The van der Waals surface area contributed by atoms with E-state index in [4.69, 9.17) is 14.0 Å². The van der Waals surface area contributed by atoms with Gasteiger partial charge < -0.3 is 24.0 Å². The van der Waals surface area contributed by atoms with Crippen molar-refractivity contribution in [2.75, 3.05) is 44.4 Å².